The summed E-state index contributed by atoms with van der Waals surface area (Å²) in [4.78, 5) is 20.0. The third kappa shape index (κ3) is 4.41. The Morgan fingerprint density at radius 2 is 1.74 bits per heavy atom. The number of thioether (sulfide) groups is 1. The second-order valence-electron chi connectivity index (χ2n) is 8.25. The number of fused-ring (bicyclic) bond motifs is 1. The molecule has 1 aliphatic heterocycles. The molecule has 1 fully saturated rings. The van der Waals surface area contributed by atoms with E-state index in [2.05, 4.69) is 59.1 Å². The van der Waals surface area contributed by atoms with Crippen LogP contribution in [0, 0.1) is 12.7 Å². The molecule has 6 heteroatoms. The lowest BCUT2D eigenvalue weighted by molar-refractivity contribution is -0.122. The van der Waals surface area contributed by atoms with Crippen molar-refractivity contribution in [3.8, 4) is 0 Å². The number of para-hydroxylation sites is 1. The summed E-state index contributed by atoms with van der Waals surface area (Å²) in [5.41, 5.74) is 5.20. The Labute approximate surface area is 202 Å². The number of amidine groups is 1. The number of amides is 1. The Bertz CT molecular complexity index is 1420. The first-order valence-electron chi connectivity index (χ1n) is 11.2. The maximum Gasteiger partial charge on any atom is 0.266 e. The molecule has 0 N–H and O–H groups in total. The molecule has 1 aromatic heterocycles. The second-order valence-corrected chi connectivity index (χ2v) is 9.26. The Morgan fingerprint density at radius 1 is 1.00 bits per heavy atom. The number of carbonyl (C=O) groups excluding carboxylic acids is 1. The molecule has 5 rings (SSSR count). The molecule has 1 aliphatic rings. The highest BCUT2D eigenvalue weighted by Gasteiger charge is 2.32. The Kier molecular flexibility index (Phi) is 6.07. The highest BCUT2D eigenvalue weighted by Crippen LogP contribution is 2.35. The van der Waals surface area contributed by atoms with E-state index in [1.165, 1.54) is 35.0 Å². The van der Waals surface area contributed by atoms with Crippen LogP contribution >= 0.6 is 11.8 Å². The molecule has 0 radical (unpaired) electrons. The first-order valence-corrected chi connectivity index (χ1v) is 12.0. The molecule has 34 heavy (non-hydrogen) atoms. The van der Waals surface area contributed by atoms with Crippen LogP contribution in [0.15, 0.2) is 88.9 Å². The van der Waals surface area contributed by atoms with Gasteiger partial charge in [0.2, 0.25) is 0 Å². The maximum absolute atomic E-state index is 13.3. The lowest BCUT2D eigenvalue weighted by Crippen LogP contribution is -2.28. The van der Waals surface area contributed by atoms with Crippen LogP contribution in [0.4, 0.5) is 10.1 Å². The molecule has 0 spiro atoms. The van der Waals surface area contributed by atoms with Gasteiger partial charge < -0.3 is 4.57 Å². The summed E-state index contributed by atoms with van der Waals surface area (Å²) < 4.78 is 15.5. The van der Waals surface area contributed by atoms with Crippen molar-refractivity contribution in [2.45, 2.75) is 20.4 Å². The fourth-order valence-electron chi connectivity index (χ4n) is 4.05. The van der Waals surface area contributed by atoms with Gasteiger partial charge in [0.05, 0.1) is 10.6 Å². The summed E-state index contributed by atoms with van der Waals surface area (Å²) in [7, 11) is 0. The van der Waals surface area contributed by atoms with Crippen LogP contribution in [0.2, 0.25) is 0 Å². The first-order chi connectivity index (χ1) is 16.5. The Hall–Kier alpha value is -3.64. The number of halogens is 1. The van der Waals surface area contributed by atoms with Crippen molar-refractivity contribution in [3.63, 3.8) is 0 Å². The number of aliphatic imine (C=N–C) groups is 1. The fraction of sp³-hybridized carbons (Fsp3) is 0.143. The van der Waals surface area contributed by atoms with E-state index in [0.717, 1.165) is 23.0 Å². The van der Waals surface area contributed by atoms with Crippen LogP contribution in [0.5, 0.6) is 0 Å². The van der Waals surface area contributed by atoms with Crippen LogP contribution < -0.4 is 0 Å². The van der Waals surface area contributed by atoms with Crippen molar-refractivity contribution >= 4 is 45.5 Å². The average Bonchev–Trinajstić information content (AvgIpc) is 3.33. The molecule has 4 nitrogen and oxygen atoms in total. The third-order valence-corrected chi connectivity index (χ3v) is 6.84. The van der Waals surface area contributed by atoms with Gasteiger partial charge in [-0.25, -0.2) is 9.38 Å². The van der Waals surface area contributed by atoms with Gasteiger partial charge >= 0.3 is 0 Å². The van der Waals surface area contributed by atoms with Gasteiger partial charge in [0.1, 0.15) is 5.82 Å². The van der Waals surface area contributed by atoms with Crippen molar-refractivity contribution in [3.05, 3.63) is 106 Å². The highest BCUT2D eigenvalue weighted by molar-refractivity contribution is 8.18. The second kappa shape index (κ2) is 9.31. The number of likely N-dealkylation sites (N-methyl/N-ethyl adjacent to an activating group) is 1. The smallest absolute Gasteiger partial charge is 0.266 e. The van der Waals surface area contributed by atoms with E-state index in [-0.39, 0.29) is 11.7 Å². The lowest BCUT2D eigenvalue weighted by atomic mass is 10.1. The molecule has 0 saturated carbocycles. The van der Waals surface area contributed by atoms with Crippen LogP contribution in [-0.4, -0.2) is 27.1 Å². The molecule has 3 aromatic carbocycles. The van der Waals surface area contributed by atoms with Gasteiger partial charge in [-0.05, 0) is 67.6 Å². The van der Waals surface area contributed by atoms with E-state index in [4.69, 9.17) is 0 Å². The van der Waals surface area contributed by atoms with Gasteiger partial charge in [-0.3, -0.25) is 9.69 Å². The van der Waals surface area contributed by atoms with Gasteiger partial charge in [-0.1, -0.05) is 48.0 Å². The summed E-state index contributed by atoms with van der Waals surface area (Å²) >= 11 is 1.35. The maximum atomic E-state index is 13.3. The van der Waals surface area contributed by atoms with Crippen molar-refractivity contribution in [1.82, 2.24) is 9.47 Å². The van der Waals surface area contributed by atoms with Crippen molar-refractivity contribution < 1.29 is 9.18 Å². The standard InChI is InChI=1S/C28H24FN3OS/c1-3-32-27(33)26(34-28(32)30-23-14-12-22(29)13-15-23)16-21-18-31(25-7-5-4-6-24(21)25)17-20-10-8-19(2)9-11-20/h4-16,18H,3,17H2,1-2H3/b26-16+,30-28?. The highest BCUT2D eigenvalue weighted by atomic mass is 32.2. The molecule has 1 amide bonds. The largest absolute Gasteiger partial charge is 0.342 e. The molecule has 2 heterocycles. The zero-order valence-electron chi connectivity index (χ0n) is 19.0. The van der Waals surface area contributed by atoms with Crippen molar-refractivity contribution in [1.29, 1.82) is 0 Å². The number of benzene rings is 3. The topological polar surface area (TPSA) is 37.6 Å². The number of hydrogen-bond acceptors (Lipinski definition) is 3. The van der Waals surface area contributed by atoms with E-state index in [1.54, 1.807) is 17.0 Å². The predicted molar refractivity (Wildman–Crippen MR) is 139 cm³/mol. The average molecular weight is 470 g/mol. The van der Waals surface area contributed by atoms with E-state index in [1.807, 2.05) is 25.1 Å². The zero-order valence-corrected chi connectivity index (χ0v) is 19.8. The van der Waals surface area contributed by atoms with Gasteiger partial charge in [-0.2, -0.15) is 0 Å². The minimum absolute atomic E-state index is 0.0660. The Balaban J connectivity index is 1.50. The fourth-order valence-corrected chi connectivity index (χ4v) is 5.10. The number of carbonyl (C=O) groups is 1. The minimum Gasteiger partial charge on any atom is -0.342 e. The minimum atomic E-state index is -0.311. The third-order valence-electron chi connectivity index (χ3n) is 5.84. The molecular weight excluding hydrogens is 445 g/mol. The number of aryl methyl sites for hydroxylation is 1. The summed E-state index contributed by atoms with van der Waals surface area (Å²) in [5, 5.41) is 1.70. The van der Waals surface area contributed by atoms with Crippen molar-refractivity contribution in [2.24, 2.45) is 4.99 Å². The SMILES string of the molecule is CCN1C(=O)/C(=C\c2cn(Cc3ccc(C)cc3)c3ccccc23)SC1=Nc1ccc(F)cc1. The first kappa shape index (κ1) is 22.2. The van der Waals surface area contributed by atoms with Gasteiger partial charge in [-0.15, -0.1) is 0 Å². The molecule has 170 valence electrons. The molecule has 1 saturated heterocycles. The normalized spacial score (nSPS) is 16.3. The summed E-state index contributed by atoms with van der Waals surface area (Å²) in [5.74, 6) is -0.377. The van der Waals surface area contributed by atoms with Crippen LogP contribution in [0.3, 0.4) is 0 Å². The van der Waals surface area contributed by atoms with Crippen LogP contribution in [0.1, 0.15) is 23.6 Å². The van der Waals surface area contributed by atoms with Crippen molar-refractivity contribution in [2.75, 3.05) is 6.54 Å². The summed E-state index contributed by atoms with van der Waals surface area (Å²) in [6.45, 7) is 5.28. The van der Waals surface area contributed by atoms with Crippen LogP contribution in [-0.2, 0) is 11.3 Å². The number of rotatable bonds is 5. The van der Waals surface area contributed by atoms with E-state index < -0.39 is 0 Å². The van der Waals surface area contributed by atoms with Crippen LogP contribution in [0.25, 0.3) is 17.0 Å². The summed E-state index contributed by atoms with van der Waals surface area (Å²) in [6.07, 6.45) is 4.06. The quantitative estimate of drug-likeness (QED) is 0.303. The molecular formula is C28H24FN3OS. The summed E-state index contributed by atoms with van der Waals surface area (Å²) in [6, 6.07) is 22.8. The molecule has 0 bridgehead atoms. The molecule has 0 aliphatic carbocycles. The lowest BCUT2D eigenvalue weighted by Gasteiger charge is -2.11. The number of aromatic nitrogens is 1. The molecule has 4 aromatic rings. The number of nitrogens with zero attached hydrogens (tertiary/aromatic N) is 3. The van der Waals surface area contributed by atoms with Gasteiger partial charge in [0, 0.05) is 35.8 Å². The van der Waals surface area contributed by atoms with E-state index in [9.17, 15) is 9.18 Å². The predicted octanol–water partition coefficient (Wildman–Crippen LogP) is 6.76. The zero-order chi connectivity index (χ0) is 23.7. The Morgan fingerprint density at radius 3 is 2.47 bits per heavy atom. The molecule has 0 atom stereocenters. The van der Waals surface area contributed by atoms with E-state index >= 15 is 0 Å². The number of hydrogen-bond donors (Lipinski definition) is 0. The van der Waals surface area contributed by atoms with Gasteiger partial charge in [0.25, 0.3) is 5.91 Å². The molecule has 0 unspecified atom stereocenters. The van der Waals surface area contributed by atoms with Gasteiger partial charge in [0.15, 0.2) is 5.17 Å². The monoisotopic (exact) mass is 469 g/mol. The van der Waals surface area contributed by atoms with E-state index in [0.29, 0.717) is 22.3 Å².